The van der Waals surface area contributed by atoms with E-state index in [1.54, 1.807) is 11.8 Å². The van der Waals surface area contributed by atoms with Gasteiger partial charge in [0, 0.05) is 25.7 Å². The van der Waals surface area contributed by atoms with E-state index in [1.807, 2.05) is 20.8 Å². The van der Waals surface area contributed by atoms with E-state index in [1.165, 1.54) is 0 Å². The highest BCUT2D eigenvalue weighted by molar-refractivity contribution is 5.68. The number of aliphatic hydroxyl groups excluding tert-OH is 1. The molecule has 0 radical (unpaired) electrons. The van der Waals surface area contributed by atoms with Gasteiger partial charge in [0.1, 0.15) is 5.60 Å². The number of rotatable bonds is 0. The summed E-state index contributed by atoms with van der Waals surface area (Å²) in [5, 5.41) is 7.57. The fourth-order valence-corrected chi connectivity index (χ4v) is 1.41. The van der Waals surface area contributed by atoms with E-state index in [4.69, 9.17) is 15.6 Å². The maximum Gasteiger partial charge on any atom is 0.410 e. The minimum Gasteiger partial charge on any atom is -0.444 e. The second-order valence-corrected chi connectivity index (χ2v) is 5.12. The topological polar surface area (TPSA) is 75.8 Å². The molecule has 0 atom stereocenters. The summed E-state index contributed by atoms with van der Waals surface area (Å²) < 4.78 is 5.26. The maximum absolute atomic E-state index is 11.6. The van der Waals surface area contributed by atoms with Crippen LogP contribution in [0.25, 0.3) is 0 Å². The largest absolute Gasteiger partial charge is 0.444 e. The fourth-order valence-electron chi connectivity index (χ4n) is 1.41. The van der Waals surface area contributed by atoms with Crippen molar-refractivity contribution in [3.8, 4) is 0 Å². The molecule has 5 heteroatoms. The van der Waals surface area contributed by atoms with Gasteiger partial charge in [0.15, 0.2) is 0 Å². The minimum atomic E-state index is -0.406. The third kappa shape index (κ3) is 7.99. The van der Waals surface area contributed by atoms with E-state index in [9.17, 15) is 4.79 Å². The molecular weight excluding hydrogens is 220 g/mol. The molecule has 0 spiro atoms. The Bertz CT molecular complexity index is 218. The molecule has 5 nitrogen and oxygen atoms in total. The standard InChI is InChI=1S/C10H20N2O2.C2H6O/c1-10(2,3)14-9(13)12-6-4-8(11)5-7-12;1-2-3/h8H,4-7,11H2,1-3H3;3H,2H2,1H3. The first-order valence-electron chi connectivity index (χ1n) is 6.14. The molecular formula is C12H26N2O3. The van der Waals surface area contributed by atoms with Crippen LogP contribution in [-0.2, 0) is 4.74 Å². The minimum absolute atomic E-state index is 0.218. The molecule has 0 saturated carbocycles. The predicted molar refractivity (Wildman–Crippen MR) is 67.8 cm³/mol. The second-order valence-electron chi connectivity index (χ2n) is 5.12. The van der Waals surface area contributed by atoms with E-state index < -0.39 is 5.60 Å². The van der Waals surface area contributed by atoms with E-state index in [0.717, 1.165) is 25.9 Å². The lowest BCUT2D eigenvalue weighted by Crippen LogP contribution is -2.44. The number of amides is 1. The fraction of sp³-hybridized carbons (Fsp3) is 0.917. The molecule has 0 unspecified atom stereocenters. The van der Waals surface area contributed by atoms with Gasteiger partial charge >= 0.3 is 6.09 Å². The molecule has 0 aromatic rings. The van der Waals surface area contributed by atoms with Crippen molar-refractivity contribution in [3.63, 3.8) is 0 Å². The van der Waals surface area contributed by atoms with Crippen molar-refractivity contribution < 1.29 is 14.6 Å². The summed E-state index contributed by atoms with van der Waals surface area (Å²) in [5.41, 5.74) is 5.34. The van der Waals surface area contributed by atoms with Crippen LogP contribution in [0.1, 0.15) is 40.5 Å². The lowest BCUT2D eigenvalue weighted by Gasteiger charge is -2.32. The molecule has 0 aromatic carbocycles. The summed E-state index contributed by atoms with van der Waals surface area (Å²) in [6.07, 6.45) is 1.53. The number of hydrogen-bond acceptors (Lipinski definition) is 4. The van der Waals surface area contributed by atoms with Crippen molar-refractivity contribution >= 4 is 6.09 Å². The smallest absolute Gasteiger partial charge is 0.410 e. The first-order chi connectivity index (χ1) is 7.80. The monoisotopic (exact) mass is 246 g/mol. The summed E-state index contributed by atoms with van der Waals surface area (Å²) in [6.45, 7) is 8.99. The predicted octanol–water partition coefficient (Wildman–Crippen LogP) is 1.34. The van der Waals surface area contributed by atoms with Crippen molar-refractivity contribution in [2.45, 2.75) is 52.2 Å². The summed E-state index contributed by atoms with van der Waals surface area (Å²) in [5.74, 6) is 0. The number of ether oxygens (including phenoxy) is 1. The van der Waals surface area contributed by atoms with Crippen molar-refractivity contribution in [1.29, 1.82) is 0 Å². The molecule has 1 rings (SSSR count). The van der Waals surface area contributed by atoms with Gasteiger partial charge in [-0.1, -0.05) is 0 Å². The summed E-state index contributed by atoms with van der Waals surface area (Å²) in [4.78, 5) is 13.3. The van der Waals surface area contributed by atoms with Crippen LogP contribution in [0.4, 0.5) is 4.79 Å². The van der Waals surface area contributed by atoms with Gasteiger partial charge < -0.3 is 20.5 Å². The Morgan fingerprint density at radius 2 is 1.82 bits per heavy atom. The van der Waals surface area contributed by atoms with Gasteiger partial charge in [-0.2, -0.15) is 0 Å². The molecule has 1 heterocycles. The van der Waals surface area contributed by atoms with Gasteiger partial charge in [0.25, 0.3) is 0 Å². The van der Waals surface area contributed by atoms with Crippen LogP contribution >= 0.6 is 0 Å². The lowest BCUT2D eigenvalue weighted by atomic mass is 10.1. The SMILES string of the molecule is CC(C)(C)OC(=O)N1CCC(N)CC1.CCO. The Morgan fingerprint density at radius 1 is 1.41 bits per heavy atom. The number of nitrogens with zero attached hydrogens (tertiary/aromatic N) is 1. The Hall–Kier alpha value is -0.810. The first-order valence-corrected chi connectivity index (χ1v) is 6.14. The number of nitrogens with two attached hydrogens (primary N) is 1. The molecule has 1 saturated heterocycles. The lowest BCUT2D eigenvalue weighted by molar-refractivity contribution is 0.0207. The average molecular weight is 246 g/mol. The molecule has 1 amide bonds. The van der Waals surface area contributed by atoms with Crippen LogP contribution in [-0.4, -0.2) is 47.4 Å². The van der Waals surface area contributed by atoms with Gasteiger partial charge in [0.05, 0.1) is 0 Å². The molecule has 1 aliphatic heterocycles. The molecule has 17 heavy (non-hydrogen) atoms. The maximum atomic E-state index is 11.6. The van der Waals surface area contributed by atoms with Crippen LogP contribution in [0.3, 0.4) is 0 Å². The third-order valence-corrected chi connectivity index (χ3v) is 2.19. The van der Waals surface area contributed by atoms with Crippen LogP contribution in [0, 0.1) is 0 Å². The van der Waals surface area contributed by atoms with E-state index in [-0.39, 0.29) is 18.7 Å². The normalized spacial score (nSPS) is 17.2. The molecule has 1 fully saturated rings. The number of hydrogen-bond donors (Lipinski definition) is 2. The second kappa shape index (κ2) is 7.50. The Morgan fingerprint density at radius 3 is 2.18 bits per heavy atom. The third-order valence-electron chi connectivity index (χ3n) is 2.19. The van der Waals surface area contributed by atoms with Crippen molar-refractivity contribution in [2.75, 3.05) is 19.7 Å². The van der Waals surface area contributed by atoms with Gasteiger partial charge in [0.2, 0.25) is 0 Å². The highest BCUT2D eigenvalue weighted by Gasteiger charge is 2.25. The molecule has 0 bridgehead atoms. The number of piperidine rings is 1. The van der Waals surface area contributed by atoms with E-state index in [0.29, 0.717) is 0 Å². The van der Waals surface area contributed by atoms with E-state index >= 15 is 0 Å². The van der Waals surface area contributed by atoms with Gasteiger partial charge in [-0.05, 0) is 40.5 Å². The summed E-state index contributed by atoms with van der Waals surface area (Å²) >= 11 is 0. The van der Waals surface area contributed by atoms with Crippen LogP contribution < -0.4 is 5.73 Å². The quantitative estimate of drug-likeness (QED) is 0.676. The number of aliphatic hydroxyl groups is 1. The molecule has 102 valence electrons. The molecule has 0 aromatic heterocycles. The Labute approximate surface area is 104 Å². The van der Waals surface area contributed by atoms with Crippen molar-refractivity contribution in [2.24, 2.45) is 5.73 Å². The van der Waals surface area contributed by atoms with Crippen LogP contribution in [0.2, 0.25) is 0 Å². The number of carbonyl (C=O) groups is 1. The zero-order valence-electron chi connectivity index (χ0n) is 11.4. The number of carbonyl (C=O) groups excluding carboxylic acids is 1. The zero-order chi connectivity index (χ0) is 13.5. The van der Waals surface area contributed by atoms with Crippen LogP contribution in [0.5, 0.6) is 0 Å². The van der Waals surface area contributed by atoms with Crippen LogP contribution in [0.15, 0.2) is 0 Å². The van der Waals surface area contributed by atoms with Gasteiger partial charge in [-0.25, -0.2) is 4.79 Å². The Kier molecular flexibility index (Phi) is 7.15. The zero-order valence-corrected chi connectivity index (χ0v) is 11.4. The molecule has 0 aliphatic carbocycles. The number of likely N-dealkylation sites (tertiary alicyclic amines) is 1. The average Bonchev–Trinajstić information content (AvgIpc) is 2.17. The molecule has 1 aliphatic rings. The van der Waals surface area contributed by atoms with E-state index in [2.05, 4.69) is 0 Å². The van der Waals surface area contributed by atoms with Gasteiger partial charge in [-0.3, -0.25) is 0 Å². The van der Waals surface area contributed by atoms with Gasteiger partial charge in [-0.15, -0.1) is 0 Å². The highest BCUT2D eigenvalue weighted by Crippen LogP contribution is 2.14. The molecule has 3 N–H and O–H groups in total. The highest BCUT2D eigenvalue weighted by atomic mass is 16.6. The van der Waals surface area contributed by atoms with Crippen molar-refractivity contribution in [3.05, 3.63) is 0 Å². The summed E-state index contributed by atoms with van der Waals surface area (Å²) in [7, 11) is 0. The first kappa shape index (κ1) is 16.2. The van der Waals surface area contributed by atoms with Crippen molar-refractivity contribution in [1.82, 2.24) is 4.90 Å². The Balaban J connectivity index is 0.000000770. The summed E-state index contributed by atoms with van der Waals surface area (Å²) in [6, 6.07) is 0.244.